The summed E-state index contributed by atoms with van der Waals surface area (Å²) < 4.78 is 0. The minimum absolute atomic E-state index is 0.00138. The molecule has 1 fully saturated rings. The molecule has 2 heterocycles. The topological polar surface area (TPSA) is 57.3 Å². The average molecular weight is 331 g/mol. The van der Waals surface area contributed by atoms with Crippen LogP contribution in [0.25, 0.3) is 0 Å². The van der Waals surface area contributed by atoms with Gasteiger partial charge in [0.25, 0.3) is 0 Å². The molecule has 1 saturated heterocycles. The maximum Gasteiger partial charge on any atom is 0.317 e. The van der Waals surface area contributed by atoms with Crippen molar-refractivity contribution in [1.82, 2.24) is 15.2 Å². The van der Waals surface area contributed by atoms with Crippen molar-refractivity contribution in [1.29, 1.82) is 0 Å². The molecule has 0 saturated carbocycles. The summed E-state index contributed by atoms with van der Waals surface area (Å²) in [4.78, 5) is 18.0. The fraction of sp³-hybridized carbons (Fsp3) is 0.571. The normalized spacial score (nSPS) is 18.4. The van der Waals surface area contributed by atoms with Gasteiger partial charge in [0.05, 0.1) is 10.0 Å². The first kappa shape index (κ1) is 16.2. The summed E-state index contributed by atoms with van der Waals surface area (Å²) in [6, 6.07) is 1.63. The van der Waals surface area contributed by atoms with Gasteiger partial charge in [-0.05, 0) is 24.8 Å². The summed E-state index contributed by atoms with van der Waals surface area (Å²) in [6.07, 6.45) is 3.81. The maximum absolute atomic E-state index is 12.0. The number of piperidine rings is 1. The Bertz CT molecular complexity index is 498. The molecule has 7 heteroatoms. The third-order valence-electron chi connectivity index (χ3n) is 3.45. The van der Waals surface area contributed by atoms with E-state index in [2.05, 4.69) is 22.5 Å². The lowest BCUT2D eigenvalue weighted by Crippen LogP contribution is -2.46. The highest BCUT2D eigenvalue weighted by Gasteiger charge is 2.20. The molecular weight excluding hydrogens is 311 g/mol. The minimum Gasteiger partial charge on any atom is -0.367 e. The van der Waals surface area contributed by atoms with Gasteiger partial charge in [-0.2, -0.15) is 0 Å². The van der Waals surface area contributed by atoms with E-state index in [4.69, 9.17) is 23.2 Å². The highest BCUT2D eigenvalue weighted by molar-refractivity contribution is 6.35. The molecule has 2 rings (SSSR count). The third kappa shape index (κ3) is 4.93. The lowest BCUT2D eigenvalue weighted by Gasteiger charge is -2.30. The smallest absolute Gasteiger partial charge is 0.317 e. The van der Waals surface area contributed by atoms with E-state index in [-0.39, 0.29) is 6.03 Å². The number of halogens is 2. The molecular formula is C14H20Cl2N4O. The molecule has 1 aromatic rings. The van der Waals surface area contributed by atoms with Gasteiger partial charge in [0.2, 0.25) is 0 Å². The SMILES string of the molecule is CC1CCCN(C(=O)NCCNc2ncc(Cl)cc2Cl)C1. The van der Waals surface area contributed by atoms with E-state index in [1.807, 2.05) is 4.90 Å². The van der Waals surface area contributed by atoms with Crippen molar-refractivity contribution in [3.63, 3.8) is 0 Å². The van der Waals surface area contributed by atoms with Gasteiger partial charge in [0.1, 0.15) is 5.82 Å². The van der Waals surface area contributed by atoms with Crippen molar-refractivity contribution in [3.8, 4) is 0 Å². The summed E-state index contributed by atoms with van der Waals surface area (Å²) >= 11 is 11.8. The van der Waals surface area contributed by atoms with E-state index in [0.29, 0.717) is 34.9 Å². The first-order valence-corrected chi connectivity index (χ1v) is 7.89. The Morgan fingerprint density at radius 3 is 3.00 bits per heavy atom. The number of carbonyl (C=O) groups excluding carboxylic acids is 1. The number of rotatable bonds is 4. The molecule has 1 atom stereocenters. The zero-order valence-corrected chi connectivity index (χ0v) is 13.5. The number of anilines is 1. The standard InChI is InChI=1S/C14H20Cl2N4O/c1-10-3-2-6-20(9-10)14(21)18-5-4-17-13-12(16)7-11(15)8-19-13/h7-8,10H,2-6,9H2,1H3,(H,17,19)(H,18,21). The van der Waals surface area contributed by atoms with Crippen LogP contribution in [0, 0.1) is 5.92 Å². The zero-order chi connectivity index (χ0) is 15.2. The van der Waals surface area contributed by atoms with Crippen LogP contribution in [0.3, 0.4) is 0 Å². The minimum atomic E-state index is -0.00138. The van der Waals surface area contributed by atoms with Gasteiger partial charge in [-0.25, -0.2) is 9.78 Å². The lowest BCUT2D eigenvalue weighted by atomic mass is 10.0. The number of amides is 2. The summed E-state index contributed by atoms with van der Waals surface area (Å²) in [7, 11) is 0. The molecule has 1 aliphatic rings. The Hall–Kier alpha value is -1.20. The van der Waals surface area contributed by atoms with Crippen LogP contribution in [0.5, 0.6) is 0 Å². The number of aromatic nitrogens is 1. The van der Waals surface area contributed by atoms with E-state index in [1.165, 1.54) is 12.6 Å². The molecule has 2 amide bonds. The van der Waals surface area contributed by atoms with Crippen LogP contribution in [0.2, 0.25) is 10.0 Å². The second-order valence-corrected chi connectivity index (χ2v) is 6.18. The van der Waals surface area contributed by atoms with Crippen molar-refractivity contribution in [2.24, 2.45) is 5.92 Å². The van der Waals surface area contributed by atoms with Crippen LogP contribution in [-0.4, -0.2) is 42.1 Å². The molecule has 0 radical (unpaired) electrons. The molecule has 1 aliphatic heterocycles. The monoisotopic (exact) mass is 330 g/mol. The molecule has 116 valence electrons. The third-order valence-corrected chi connectivity index (χ3v) is 3.94. The predicted octanol–water partition coefficient (Wildman–Crippen LogP) is 3.24. The van der Waals surface area contributed by atoms with Gasteiger partial charge >= 0.3 is 6.03 Å². The first-order chi connectivity index (χ1) is 10.1. The number of likely N-dealkylation sites (tertiary alicyclic amines) is 1. The van der Waals surface area contributed by atoms with Crippen molar-refractivity contribution in [2.45, 2.75) is 19.8 Å². The Labute approximate surface area is 135 Å². The van der Waals surface area contributed by atoms with Crippen molar-refractivity contribution in [2.75, 3.05) is 31.5 Å². The molecule has 1 aromatic heterocycles. The highest BCUT2D eigenvalue weighted by Crippen LogP contribution is 2.22. The summed E-state index contributed by atoms with van der Waals surface area (Å²) in [5, 5.41) is 6.94. The van der Waals surface area contributed by atoms with Crippen LogP contribution in [0.15, 0.2) is 12.3 Å². The number of hydrogen-bond acceptors (Lipinski definition) is 3. The van der Waals surface area contributed by atoms with Crippen LogP contribution in [0.4, 0.5) is 10.6 Å². The molecule has 0 bridgehead atoms. The van der Waals surface area contributed by atoms with Gasteiger partial charge < -0.3 is 15.5 Å². The van der Waals surface area contributed by atoms with E-state index in [9.17, 15) is 4.79 Å². The number of hydrogen-bond donors (Lipinski definition) is 2. The van der Waals surface area contributed by atoms with Crippen LogP contribution >= 0.6 is 23.2 Å². The summed E-state index contributed by atoms with van der Waals surface area (Å²) in [5.41, 5.74) is 0. The predicted molar refractivity (Wildman–Crippen MR) is 86.1 cm³/mol. The molecule has 1 unspecified atom stereocenters. The van der Waals surface area contributed by atoms with E-state index in [1.54, 1.807) is 6.07 Å². The highest BCUT2D eigenvalue weighted by atomic mass is 35.5. The first-order valence-electron chi connectivity index (χ1n) is 7.14. The van der Waals surface area contributed by atoms with Gasteiger partial charge in [-0.1, -0.05) is 30.1 Å². The van der Waals surface area contributed by atoms with Crippen molar-refractivity contribution in [3.05, 3.63) is 22.3 Å². The van der Waals surface area contributed by atoms with Crippen molar-refractivity contribution < 1.29 is 4.79 Å². The zero-order valence-electron chi connectivity index (χ0n) is 12.0. The molecule has 21 heavy (non-hydrogen) atoms. The number of nitrogens with one attached hydrogen (secondary N) is 2. The van der Waals surface area contributed by atoms with E-state index >= 15 is 0 Å². The quantitative estimate of drug-likeness (QED) is 0.833. The second-order valence-electron chi connectivity index (χ2n) is 5.34. The number of pyridine rings is 1. The summed E-state index contributed by atoms with van der Waals surface area (Å²) in [6.45, 7) is 4.93. The van der Waals surface area contributed by atoms with Crippen LogP contribution in [-0.2, 0) is 0 Å². The van der Waals surface area contributed by atoms with Gasteiger partial charge in [-0.15, -0.1) is 0 Å². The molecule has 2 N–H and O–H groups in total. The number of urea groups is 1. The van der Waals surface area contributed by atoms with Crippen molar-refractivity contribution >= 4 is 35.1 Å². The lowest BCUT2D eigenvalue weighted by molar-refractivity contribution is 0.170. The molecule has 0 aliphatic carbocycles. The fourth-order valence-electron chi connectivity index (χ4n) is 2.38. The van der Waals surface area contributed by atoms with Crippen LogP contribution in [0.1, 0.15) is 19.8 Å². The summed E-state index contributed by atoms with van der Waals surface area (Å²) in [5.74, 6) is 1.15. The average Bonchev–Trinajstić information content (AvgIpc) is 2.45. The largest absolute Gasteiger partial charge is 0.367 e. The Morgan fingerprint density at radius 1 is 1.48 bits per heavy atom. The second kappa shape index (κ2) is 7.71. The molecule has 5 nitrogen and oxygen atoms in total. The Morgan fingerprint density at radius 2 is 2.29 bits per heavy atom. The Kier molecular flexibility index (Phi) is 5.94. The van der Waals surface area contributed by atoms with Gasteiger partial charge in [0, 0.05) is 32.4 Å². The van der Waals surface area contributed by atoms with E-state index < -0.39 is 0 Å². The van der Waals surface area contributed by atoms with Crippen LogP contribution < -0.4 is 10.6 Å². The van der Waals surface area contributed by atoms with Gasteiger partial charge in [-0.3, -0.25) is 0 Å². The van der Waals surface area contributed by atoms with E-state index in [0.717, 1.165) is 19.5 Å². The molecule has 0 aromatic carbocycles. The maximum atomic E-state index is 12.0. The van der Waals surface area contributed by atoms with Gasteiger partial charge in [0.15, 0.2) is 0 Å². The Balaban J connectivity index is 1.70. The molecule has 0 spiro atoms. The number of nitrogens with zero attached hydrogens (tertiary/aromatic N) is 2. The number of carbonyl (C=O) groups is 1. The fourth-order valence-corrected chi connectivity index (χ4v) is 2.83.